The summed E-state index contributed by atoms with van der Waals surface area (Å²) in [6.45, 7) is 10.8. The summed E-state index contributed by atoms with van der Waals surface area (Å²) >= 11 is 6.33. The van der Waals surface area contributed by atoms with E-state index in [-0.39, 0.29) is 0 Å². The van der Waals surface area contributed by atoms with E-state index in [4.69, 9.17) is 11.6 Å². The van der Waals surface area contributed by atoms with Crippen LogP contribution in [-0.2, 0) is 20.1 Å². The molecule has 0 amide bonds. The molecule has 0 unspecified atom stereocenters. The molecule has 6 heteroatoms. The lowest BCUT2D eigenvalue weighted by atomic mass is 10.2. The van der Waals surface area contributed by atoms with Crippen LogP contribution in [0.15, 0.2) is 0 Å². The highest BCUT2D eigenvalue weighted by atomic mass is 35.5. The summed E-state index contributed by atoms with van der Waals surface area (Å²) in [5.74, 6) is 0. The summed E-state index contributed by atoms with van der Waals surface area (Å²) in [7, 11) is 1.92. The van der Waals surface area contributed by atoms with Crippen molar-refractivity contribution in [1.82, 2.24) is 24.9 Å². The van der Waals surface area contributed by atoms with Gasteiger partial charge in [-0.05, 0) is 33.7 Å². The van der Waals surface area contributed by atoms with Crippen LogP contribution in [-0.4, -0.2) is 26.1 Å². The number of aromatic nitrogens is 4. The first-order valence-electron chi connectivity index (χ1n) is 7.37. The lowest BCUT2D eigenvalue weighted by Gasteiger charge is -2.07. The van der Waals surface area contributed by atoms with Crippen molar-refractivity contribution in [3.05, 3.63) is 33.4 Å². The predicted octanol–water partition coefficient (Wildman–Crippen LogP) is 2.74. The van der Waals surface area contributed by atoms with Crippen molar-refractivity contribution in [2.75, 3.05) is 6.54 Å². The Labute approximate surface area is 131 Å². The van der Waals surface area contributed by atoms with E-state index in [1.807, 2.05) is 23.3 Å². The SMILES string of the molecule is CCCNCc1c(C)nn(Cc2c(Cl)c(C)nn2C)c1C. The number of rotatable bonds is 6. The largest absolute Gasteiger partial charge is 0.313 e. The molecule has 0 saturated heterocycles. The van der Waals surface area contributed by atoms with Crippen LogP contribution in [0.5, 0.6) is 0 Å². The van der Waals surface area contributed by atoms with E-state index < -0.39 is 0 Å². The zero-order chi connectivity index (χ0) is 15.6. The van der Waals surface area contributed by atoms with Gasteiger partial charge in [-0.2, -0.15) is 10.2 Å². The summed E-state index contributed by atoms with van der Waals surface area (Å²) in [6, 6.07) is 0. The van der Waals surface area contributed by atoms with Gasteiger partial charge in [0.1, 0.15) is 0 Å². The van der Waals surface area contributed by atoms with E-state index >= 15 is 0 Å². The molecule has 2 aromatic rings. The number of aryl methyl sites for hydroxylation is 3. The average molecular weight is 310 g/mol. The van der Waals surface area contributed by atoms with Gasteiger partial charge in [-0.1, -0.05) is 18.5 Å². The highest BCUT2D eigenvalue weighted by Gasteiger charge is 2.16. The molecule has 0 atom stereocenters. The molecule has 2 heterocycles. The number of hydrogen-bond donors (Lipinski definition) is 1. The monoisotopic (exact) mass is 309 g/mol. The van der Waals surface area contributed by atoms with Gasteiger partial charge in [0.05, 0.1) is 28.6 Å². The predicted molar refractivity (Wildman–Crippen MR) is 85.8 cm³/mol. The van der Waals surface area contributed by atoms with Gasteiger partial charge >= 0.3 is 0 Å². The molecule has 0 aromatic carbocycles. The van der Waals surface area contributed by atoms with Crippen LogP contribution in [0.1, 0.15) is 41.7 Å². The molecule has 0 fully saturated rings. The van der Waals surface area contributed by atoms with Crippen molar-refractivity contribution in [2.24, 2.45) is 7.05 Å². The first-order chi connectivity index (χ1) is 9.95. The fourth-order valence-electron chi connectivity index (χ4n) is 2.53. The average Bonchev–Trinajstić information content (AvgIpc) is 2.83. The summed E-state index contributed by atoms with van der Waals surface area (Å²) in [6.07, 6.45) is 1.14. The summed E-state index contributed by atoms with van der Waals surface area (Å²) in [5, 5.41) is 13.2. The van der Waals surface area contributed by atoms with Gasteiger partial charge in [-0.25, -0.2) is 0 Å². The van der Waals surface area contributed by atoms with Crippen LogP contribution in [0.4, 0.5) is 0 Å². The molecular weight excluding hydrogens is 286 g/mol. The first kappa shape index (κ1) is 16.0. The standard InChI is InChI=1S/C15H24ClN5/c1-6-7-17-8-13-10(2)19-21(12(13)4)9-14-15(16)11(3)18-20(14)5/h17H,6-9H2,1-5H3. The van der Waals surface area contributed by atoms with Gasteiger partial charge in [0.15, 0.2) is 0 Å². The minimum absolute atomic E-state index is 0.649. The minimum atomic E-state index is 0.649. The Balaban J connectivity index is 2.23. The van der Waals surface area contributed by atoms with Gasteiger partial charge in [-0.15, -0.1) is 0 Å². The number of hydrogen-bond acceptors (Lipinski definition) is 3. The molecule has 0 aliphatic heterocycles. The van der Waals surface area contributed by atoms with E-state index in [1.165, 1.54) is 11.3 Å². The van der Waals surface area contributed by atoms with Gasteiger partial charge in [0, 0.05) is 24.8 Å². The third-order valence-electron chi connectivity index (χ3n) is 3.82. The molecule has 0 bridgehead atoms. The Morgan fingerprint density at radius 2 is 1.86 bits per heavy atom. The molecule has 1 N–H and O–H groups in total. The third-order valence-corrected chi connectivity index (χ3v) is 4.31. The van der Waals surface area contributed by atoms with Crippen molar-refractivity contribution >= 4 is 11.6 Å². The second-order valence-corrected chi connectivity index (χ2v) is 5.83. The van der Waals surface area contributed by atoms with E-state index in [9.17, 15) is 0 Å². The highest BCUT2D eigenvalue weighted by molar-refractivity contribution is 6.31. The summed E-state index contributed by atoms with van der Waals surface area (Å²) in [5.41, 5.74) is 5.39. The Bertz CT molecular complexity index is 627. The van der Waals surface area contributed by atoms with Crippen molar-refractivity contribution in [2.45, 2.75) is 47.2 Å². The molecule has 0 radical (unpaired) electrons. The molecule has 0 aliphatic carbocycles. The maximum absolute atomic E-state index is 6.33. The topological polar surface area (TPSA) is 47.7 Å². The highest BCUT2D eigenvalue weighted by Crippen LogP contribution is 2.22. The van der Waals surface area contributed by atoms with E-state index in [1.54, 1.807) is 0 Å². The van der Waals surface area contributed by atoms with Crippen LogP contribution >= 0.6 is 11.6 Å². The van der Waals surface area contributed by atoms with Gasteiger partial charge in [0.25, 0.3) is 0 Å². The van der Waals surface area contributed by atoms with Crippen molar-refractivity contribution in [3.63, 3.8) is 0 Å². The molecule has 0 aliphatic rings. The van der Waals surface area contributed by atoms with Gasteiger partial charge in [0.2, 0.25) is 0 Å². The molecule has 2 rings (SSSR count). The normalized spacial score (nSPS) is 11.3. The third kappa shape index (κ3) is 3.30. The van der Waals surface area contributed by atoms with Crippen molar-refractivity contribution in [3.8, 4) is 0 Å². The quantitative estimate of drug-likeness (QED) is 0.835. The lowest BCUT2D eigenvalue weighted by molar-refractivity contribution is 0.601. The fourth-order valence-corrected chi connectivity index (χ4v) is 2.75. The molecule has 0 spiro atoms. The second-order valence-electron chi connectivity index (χ2n) is 5.45. The zero-order valence-corrected chi connectivity index (χ0v) is 14.3. The number of halogens is 1. The Kier molecular flexibility index (Phi) is 5.06. The fraction of sp³-hybridized carbons (Fsp3) is 0.600. The Hall–Kier alpha value is -1.33. The van der Waals surface area contributed by atoms with Crippen molar-refractivity contribution in [1.29, 1.82) is 0 Å². The molecular formula is C15H24ClN5. The van der Waals surface area contributed by atoms with E-state index in [2.05, 4.69) is 36.3 Å². The Morgan fingerprint density at radius 3 is 2.43 bits per heavy atom. The molecule has 0 saturated carbocycles. The number of nitrogens with zero attached hydrogens (tertiary/aromatic N) is 4. The molecule has 116 valence electrons. The van der Waals surface area contributed by atoms with Gasteiger partial charge in [-0.3, -0.25) is 9.36 Å². The first-order valence-corrected chi connectivity index (χ1v) is 7.75. The van der Waals surface area contributed by atoms with Crippen LogP contribution in [0.2, 0.25) is 5.02 Å². The molecule has 21 heavy (non-hydrogen) atoms. The van der Waals surface area contributed by atoms with Crippen molar-refractivity contribution < 1.29 is 0 Å². The summed E-state index contributed by atoms with van der Waals surface area (Å²) < 4.78 is 3.85. The van der Waals surface area contributed by atoms with Crippen LogP contribution in [0.3, 0.4) is 0 Å². The maximum Gasteiger partial charge on any atom is 0.0866 e. The van der Waals surface area contributed by atoms with Gasteiger partial charge < -0.3 is 5.32 Å². The minimum Gasteiger partial charge on any atom is -0.313 e. The van der Waals surface area contributed by atoms with Crippen LogP contribution in [0.25, 0.3) is 0 Å². The smallest absolute Gasteiger partial charge is 0.0866 e. The second kappa shape index (κ2) is 6.62. The van der Waals surface area contributed by atoms with Crippen LogP contribution < -0.4 is 5.32 Å². The molecule has 2 aromatic heterocycles. The zero-order valence-electron chi connectivity index (χ0n) is 13.5. The number of nitrogens with one attached hydrogen (secondary N) is 1. The maximum atomic E-state index is 6.33. The lowest BCUT2D eigenvalue weighted by Crippen LogP contribution is -2.15. The van der Waals surface area contributed by atoms with Crippen LogP contribution in [0, 0.1) is 20.8 Å². The van der Waals surface area contributed by atoms with E-state index in [0.717, 1.165) is 41.6 Å². The Morgan fingerprint density at radius 1 is 1.14 bits per heavy atom. The summed E-state index contributed by atoms with van der Waals surface area (Å²) in [4.78, 5) is 0. The molecule has 5 nitrogen and oxygen atoms in total. The van der Waals surface area contributed by atoms with E-state index in [0.29, 0.717) is 6.54 Å².